The summed E-state index contributed by atoms with van der Waals surface area (Å²) in [5.74, 6) is 0. The minimum atomic E-state index is -0.602. The fourth-order valence-electron chi connectivity index (χ4n) is 5.31. The molecule has 0 aromatic rings. The average Bonchev–Trinajstić information content (AvgIpc) is 2.52. The Balaban J connectivity index is 1.81. The molecule has 0 spiro atoms. The van der Waals surface area contributed by atoms with Crippen molar-refractivity contribution in [3.63, 3.8) is 0 Å². The fraction of sp³-hybridized carbons (Fsp3) is 1.00. The molecule has 1 unspecified atom stereocenters. The van der Waals surface area contributed by atoms with E-state index in [1.54, 1.807) is 0 Å². The molecule has 3 N–H and O–H groups in total. The maximum Gasteiger partial charge on any atom is 0.0897 e. The molecule has 165 valence electrons. The van der Waals surface area contributed by atoms with Crippen molar-refractivity contribution >= 4 is 0 Å². The molecular formula is C21H42N3O4. The minimum absolute atomic E-state index is 0.00428. The van der Waals surface area contributed by atoms with Crippen LogP contribution in [0.15, 0.2) is 0 Å². The van der Waals surface area contributed by atoms with Crippen LogP contribution in [0.5, 0.6) is 0 Å². The van der Waals surface area contributed by atoms with E-state index in [1.165, 1.54) is 10.1 Å². The molecule has 7 nitrogen and oxygen atoms in total. The van der Waals surface area contributed by atoms with E-state index in [0.29, 0.717) is 6.54 Å². The Morgan fingerprint density at radius 2 is 1.39 bits per heavy atom. The summed E-state index contributed by atoms with van der Waals surface area (Å²) >= 11 is 0. The van der Waals surface area contributed by atoms with E-state index >= 15 is 0 Å². The average molecular weight is 401 g/mol. The molecule has 0 aliphatic carbocycles. The molecule has 0 bridgehead atoms. The Hall–Kier alpha value is -0.280. The lowest BCUT2D eigenvalue weighted by Crippen LogP contribution is -2.62. The van der Waals surface area contributed by atoms with Gasteiger partial charge in [-0.25, -0.2) is 0 Å². The minimum Gasteiger partial charge on any atom is -0.389 e. The molecule has 1 atom stereocenters. The zero-order valence-corrected chi connectivity index (χ0v) is 19.1. The van der Waals surface area contributed by atoms with Crippen molar-refractivity contribution < 1.29 is 20.3 Å². The third-order valence-corrected chi connectivity index (χ3v) is 6.36. The summed E-state index contributed by atoms with van der Waals surface area (Å²) in [5.41, 5.74) is -1.56. The smallest absolute Gasteiger partial charge is 0.0897 e. The van der Waals surface area contributed by atoms with Gasteiger partial charge in [0.1, 0.15) is 0 Å². The summed E-state index contributed by atoms with van der Waals surface area (Å²) in [6.07, 6.45) is 2.35. The van der Waals surface area contributed by atoms with Crippen molar-refractivity contribution in [3.8, 4) is 0 Å². The largest absolute Gasteiger partial charge is 0.389 e. The predicted molar refractivity (Wildman–Crippen MR) is 108 cm³/mol. The highest BCUT2D eigenvalue weighted by atomic mass is 16.5. The molecule has 0 amide bonds. The summed E-state index contributed by atoms with van der Waals surface area (Å²) in [7, 11) is 0. The second kappa shape index (κ2) is 8.10. The number of ether oxygens (including phenoxy) is 1. The quantitative estimate of drug-likeness (QED) is 0.635. The summed E-state index contributed by atoms with van der Waals surface area (Å²) in [5, 5.41) is 39.3. The van der Waals surface area contributed by atoms with E-state index in [0.717, 1.165) is 25.7 Å². The van der Waals surface area contributed by atoms with E-state index in [-0.39, 0.29) is 29.8 Å². The Kier molecular flexibility index (Phi) is 6.94. The van der Waals surface area contributed by atoms with E-state index in [9.17, 15) is 15.5 Å². The van der Waals surface area contributed by atoms with Gasteiger partial charge in [0.25, 0.3) is 0 Å². The van der Waals surface area contributed by atoms with Gasteiger partial charge in [0.15, 0.2) is 0 Å². The third kappa shape index (κ3) is 5.45. The van der Waals surface area contributed by atoms with E-state index < -0.39 is 17.2 Å². The van der Waals surface area contributed by atoms with Crippen LogP contribution in [-0.4, -0.2) is 74.0 Å². The first-order valence-corrected chi connectivity index (χ1v) is 10.6. The van der Waals surface area contributed by atoms with E-state index in [1.807, 2.05) is 55.4 Å². The van der Waals surface area contributed by atoms with Crippen LogP contribution >= 0.6 is 0 Å². The lowest BCUT2D eigenvalue weighted by atomic mass is 9.79. The van der Waals surface area contributed by atoms with Crippen LogP contribution in [0.4, 0.5) is 0 Å². The number of hydroxylamine groups is 4. The van der Waals surface area contributed by atoms with Gasteiger partial charge >= 0.3 is 0 Å². The number of aliphatic hydroxyl groups is 1. The second-order valence-corrected chi connectivity index (χ2v) is 11.4. The lowest BCUT2D eigenvalue weighted by molar-refractivity contribution is -0.290. The summed E-state index contributed by atoms with van der Waals surface area (Å²) in [6.45, 7) is 16.7. The van der Waals surface area contributed by atoms with Gasteiger partial charge < -0.3 is 20.4 Å². The zero-order chi connectivity index (χ0) is 21.5. The fourth-order valence-corrected chi connectivity index (χ4v) is 5.31. The molecule has 1 radical (unpaired) electrons. The van der Waals surface area contributed by atoms with Crippen molar-refractivity contribution in [3.05, 3.63) is 0 Å². The first-order chi connectivity index (χ1) is 12.6. The van der Waals surface area contributed by atoms with Crippen molar-refractivity contribution in [2.75, 3.05) is 13.2 Å². The van der Waals surface area contributed by atoms with Gasteiger partial charge in [0.05, 0.1) is 18.8 Å². The number of hydrogen-bond acceptors (Lipinski definition) is 6. The van der Waals surface area contributed by atoms with Crippen molar-refractivity contribution in [1.29, 1.82) is 0 Å². The highest BCUT2D eigenvalue weighted by Gasteiger charge is 2.47. The van der Waals surface area contributed by atoms with E-state index in [2.05, 4.69) is 5.32 Å². The second-order valence-electron chi connectivity index (χ2n) is 11.4. The topological polar surface area (TPSA) is 88.1 Å². The van der Waals surface area contributed by atoms with Gasteiger partial charge in [-0.05, 0) is 81.1 Å². The molecule has 2 saturated heterocycles. The number of aliphatic hydroxyl groups excluding tert-OH is 1. The van der Waals surface area contributed by atoms with Crippen LogP contribution in [-0.2, 0) is 9.94 Å². The van der Waals surface area contributed by atoms with Gasteiger partial charge in [0.2, 0.25) is 0 Å². The molecular weight excluding hydrogens is 358 g/mol. The van der Waals surface area contributed by atoms with Crippen molar-refractivity contribution in [1.82, 2.24) is 15.4 Å². The normalized spacial score (nSPS) is 29.7. The number of nitrogens with zero attached hydrogens (tertiary/aromatic N) is 2. The lowest BCUT2D eigenvalue weighted by Gasteiger charge is -2.51. The summed E-state index contributed by atoms with van der Waals surface area (Å²) in [4.78, 5) is 0. The molecule has 0 aromatic heterocycles. The summed E-state index contributed by atoms with van der Waals surface area (Å²) in [6, 6.07) is 0.195. The van der Waals surface area contributed by atoms with Gasteiger partial charge in [0, 0.05) is 34.7 Å². The Morgan fingerprint density at radius 1 is 0.929 bits per heavy atom. The van der Waals surface area contributed by atoms with Crippen LogP contribution in [0, 0.1) is 0 Å². The summed E-state index contributed by atoms with van der Waals surface area (Å²) < 4.78 is 6.02. The first-order valence-electron chi connectivity index (χ1n) is 10.6. The molecule has 0 aromatic carbocycles. The SMILES string of the molecule is CC1(C)CC(NCC(O)COC2CC(C)(C)N(O)C(C)(C)C2)CC(C)(C)N1[O]. The molecule has 0 saturated carbocycles. The number of hydrogen-bond donors (Lipinski definition) is 3. The van der Waals surface area contributed by atoms with Gasteiger partial charge in [-0.2, -0.15) is 5.06 Å². The van der Waals surface area contributed by atoms with Crippen LogP contribution in [0.1, 0.15) is 81.1 Å². The standard InChI is InChI=1S/C21H42N3O4/c1-18(2)9-15(10-19(3,4)23(18)26)22-13-16(25)14-28-17-11-20(5,6)24(27)21(7,8)12-17/h15-17,22,25,27H,9-14H2,1-8H3. The molecule has 2 heterocycles. The molecule has 7 heteroatoms. The van der Waals surface area contributed by atoms with Crippen LogP contribution in [0.3, 0.4) is 0 Å². The third-order valence-electron chi connectivity index (χ3n) is 6.36. The molecule has 2 rings (SSSR count). The zero-order valence-electron chi connectivity index (χ0n) is 19.1. The molecule has 2 aliphatic rings. The van der Waals surface area contributed by atoms with Gasteiger partial charge in [-0.3, -0.25) is 0 Å². The molecule has 2 aliphatic heterocycles. The molecule has 2 fully saturated rings. The monoisotopic (exact) mass is 400 g/mol. The number of nitrogens with one attached hydrogen (secondary N) is 1. The highest BCUT2D eigenvalue weighted by Crippen LogP contribution is 2.38. The maximum atomic E-state index is 12.5. The van der Waals surface area contributed by atoms with Crippen LogP contribution in [0.25, 0.3) is 0 Å². The van der Waals surface area contributed by atoms with E-state index in [4.69, 9.17) is 4.74 Å². The van der Waals surface area contributed by atoms with Crippen LogP contribution in [0.2, 0.25) is 0 Å². The Bertz CT molecular complexity index is 454. The van der Waals surface area contributed by atoms with Gasteiger partial charge in [-0.1, -0.05) is 0 Å². The Morgan fingerprint density at radius 3 is 1.86 bits per heavy atom. The van der Waals surface area contributed by atoms with Crippen LogP contribution < -0.4 is 5.32 Å². The van der Waals surface area contributed by atoms with Gasteiger partial charge in [-0.15, -0.1) is 10.3 Å². The number of piperidine rings is 2. The Labute approximate surface area is 171 Å². The maximum absolute atomic E-state index is 12.5. The number of rotatable bonds is 6. The van der Waals surface area contributed by atoms with Crippen molar-refractivity contribution in [2.45, 2.75) is 121 Å². The molecule has 28 heavy (non-hydrogen) atoms. The van der Waals surface area contributed by atoms with Crippen molar-refractivity contribution in [2.24, 2.45) is 0 Å². The first kappa shape index (κ1) is 24.0. The highest BCUT2D eigenvalue weighted by molar-refractivity contribution is 4.99. The predicted octanol–water partition coefficient (Wildman–Crippen LogP) is 2.73.